The lowest BCUT2D eigenvalue weighted by Gasteiger charge is -2.34. The molecule has 1 aliphatic carbocycles. The number of hydrogen-bond acceptors (Lipinski definition) is 3. The van der Waals surface area contributed by atoms with Crippen LogP contribution in [0, 0.1) is 5.41 Å². The highest BCUT2D eigenvalue weighted by Gasteiger charge is 2.35. The maximum absolute atomic E-state index is 11.7. The van der Waals surface area contributed by atoms with E-state index in [4.69, 9.17) is 4.74 Å². The van der Waals surface area contributed by atoms with Crippen molar-refractivity contribution in [2.45, 2.75) is 70.8 Å². The fourth-order valence-corrected chi connectivity index (χ4v) is 3.22. The molecule has 0 aliphatic heterocycles. The second-order valence-corrected chi connectivity index (χ2v) is 12.7. The monoisotopic (exact) mass is 298 g/mol. The number of carbonyl (C=O) groups excluding carboxylic acids is 2. The first kappa shape index (κ1) is 17.2. The van der Waals surface area contributed by atoms with E-state index in [0.717, 1.165) is 38.1 Å². The third kappa shape index (κ3) is 5.65. The van der Waals surface area contributed by atoms with Crippen LogP contribution in [0.15, 0.2) is 0 Å². The highest BCUT2D eigenvalue weighted by atomic mass is 28.3. The third-order valence-corrected chi connectivity index (χ3v) is 5.95. The average molecular weight is 298 g/mol. The van der Waals surface area contributed by atoms with E-state index in [2.05, 4.69) is 31.2 Å². The van der Waals surface area contributed by atoms with E-state index in [1.165, 1.54) is 0 Å². The van der Waals surface area contributed by atoms with E-state index in [1.807, 2.05) is 6.92 Å². The van der Waals surface area contributed by atoms with Gasteiger partial charge < -0.3 is 10.1 Å². The minimum absolute atomic E-state index is 0.141. The van der Waals surface area contributed by atoms with E-state index >= 15 is 0 Å². The summed E-state index contributed by atoms with van der Waals surface area (Å²) in [5.74, 6) is 0. The molecule has 1 aliphatic rings. The number of ether oxygens (including phenoxy) is 1. The van der Waals surface area contributed by atoms with Gasteiger partial charge in [-0.2, -0.15) is 0 Å². The predicted molar refractivity (Wildman–Crippen MR) is 83.3 cm³/mol. The van der Waals surface area contributed by atoms with Gasteiger partial charge in [-0.05, 0) is 38.1 Å². The molecule has 4 nitrogen and oxygen atoms in total. The van der Waals surface area contributed by atoms with Gasteiger partial charge in [0.2, 0.25) is 6.29 Å². The van der Waals surface area contributed by atoms with Gasteiger partial charge in [-0.3, -0.25) is 4.79 Å². The lowest BCUT2D eigenvalue weighted by molar-refractivity contribution is 0.139. The van der Waals surface area contributed by atoms with Crippen LogP contribution in [0.2, 0.25) is 25.7 Å². The first-order chi connectivity index (χ1) is 9.30. The molecule has 0 heterocycles. The molecule has 115 valence electrons. The van der Waals surface area contributed by atoms with Gasteiger partial charge in [0.05, 0.1) is 6.61 Å². The molecule has 0 spiro atoms. The summed E-state index contributed by atoms with van der Waals surface area (Å²) in [5, 5.41) is 2.92. The predicted octanol–water partition coefficient (Wildman–Crippen LogP) is 3.50. The summed E-state index contributed by atoms with van der Waals surface area (Å²) in [6, 6.07) is 1.13. The van der Waals surface area contributed by atoms with Crippen molar-refractivity contribution in [2.24, 2.45) is 5.41 Å². The van der Waals surface area contributed by atoms with Gasteiger partial charge >= 0.3 is 6.09 Å². The molecule has 1 N–H and O–H groups in total. The molecule has 1 amide bonds. The summed E-state index contributed by atoms with van der Waals surface area (Å²) < 4.78 is 5.23. The molecule has 1 rings (SSSR count). The molecular weight excluding hydrogens is 270 g/mol. The lowest BCUT2D eigenvalue weighted by Crippen LogP contribution is -2.41. The molecule has 0 aromatic carbocycles. The molecule has 0 aromatic heterocycles. The van der Waals surface area contributed by atoms with Crippen LogP contribution in [0.3, 0.4) is 0 Å². The Balaban J connectivity index is 2.26. The number of carbonyl (C=O) groups is 1. The van der Waals surface area contributed by atoms with E-state index in [1.54, 1.807) is 0 Å². The van der Waals surface area contributed by atoms with Crippen molar-refractivity contribution in [3.05, 3.63) is 0 Å². The van der Waals surface area contributed by atoms with Gasteiger partial charge in [0, 0.05) is 19.5 Å². The fraction of sp³-hybridized carbons (Fsp3) is 0.867. The van der Waals surface area contributed by atoms with Crippen molar-refractivity contribution in [3.8, 4) is 0 Å². The first-order valence-electron chi connectivity index (χ1n) is 7.63. The molecule has 1 fully saturated rings. The van der Waals surface area contributed by atoms with Crippen LogP contribution >= 0.6 is 0 Å². The minimum Gasteiger partial charge on any atom is -0.450 e. The van der Waals surface area contributed by atoms with Gasteiger partial charge in [-0.1, -0.05) is 26.6 Å². The zero-order valence-corrected chi connectivity index (χ0v) is 14.3. The standard InChI is InChI=1S/C15H28NO3Si/c1-5-15(12-17)8-6-13(7-9-15)16-14(18)19-10-11-20(2,3)4/h13H,5-11H2,1-4H3,(H,16,18)/t13-,15-. The number of hydrogen-bond donors (Lipinski definition) is 1. The molecular formula is C15H28NO3Si. The Labute approximate surface area is 123 Å². The van der Waals surface area contributed by atoms with Crippen molar-refractivity contribution in [3.63, 3.8) is 0 Å². The van der Waals surface area contributed by atoms with Crippen molar-refractivity contribution >= 4 is 20.5 Å². The number of nitrogens with one attached hydrogen (secondary N) is 1. The van der Waals surface area contributed by atoms with Crippen molar-refractivity contribution in [1.82, 2.24) is 5.32 Å². The van der Waals surface area contributed by atoms with Crippen LogP contribution in [0.1, 0.15) is 39.0 Å². The summed E-state index contributed by atoms with van der Waals surface area (Å²) in [5.41, 5.74) is -0.278. The lowest BCUT2D eigenvalue weighted by atomic mass is 9.72. The van der Waals surface area contributed by atoms with Crippen LogP contribution in [0.4, 0.5) is 4.79 Å². The van der Waals surface area contributed by atoms with E-state index in [0.29, 0.717) is 6.61 Å². The van der Waals surface area contributed by atoms with Gasteiger partial charge in [0.1, 0.15) is 0 Å². The Bertz CT molecular complexity index is 331. The SMILES string of the molecule is CC[C@]1([C]=O)CC[C@H](NC(=O)OCC[Si](C)(C)C)CC1. The van der Waals surface area contributed by atoms with Crippen LogP contribution in [-0.2, 0) is 9.53 Å². The Morgan fingerprint density at radius 2 is 1.95 bits per heavy atom. The van der Waals surface area contributed by atoms with E-state index in [9.17, 15) is 9.59 Å². The number of amides is 1. The highest BCUT2D eigenvalue weighted by Crippen LogP contribution is 2.37. The molecule has 1 saturated carbocycles. The van der Waals surface area contributed by atoms with Crippen molar-refractivity contribution in [1.29, 1.82) is 0 Å². The summed E-state index contributed by atoms with van der Waals surface area (Å²) in [7, 11) is -1.15. The largest absolute Gasteiger partial charge is 0.450 e. The average Bonchev–Trinajstić information content (AvgIpc) is 2.38. The van der Waals surface area contributed by atoms with Crippen molar-refractivity contribution in [2.75, 3.05) is 6.61 Å². The topological polar surface area (TPSA) is 55.4 Å². The number of rotatable bonds is 6. The molecule has 5 heteroatoms. The first-order valence-corrected chi connectivity index (χ1v) is 11.3. The summed E-state index contributed by atoms with van der Waals surface area (Å²) >= 11 is 0. The van der Waals surface area contributed by atoms with Gasteiger partial charge in [0.25, 0.3) is 0 Å². The van der Waals surface area contributed by atoms with Crippen LogP contribution < -0.4 is 5.32 Å². The Morgan fingerprint density at radius 3 is 2.40 bits per heavy atom. The molecule has 20 heavy (non-hydrogen) atoms. The summed E-state index contributed by atoms with van der Waals surface area (Å²) in [6.07, 6.45) is 6.03. The molecule has 0 bridgehead atoms. The normalized spacial score (nSPS) is 26.9. The highest BCUT2D eigenvalue weighted by molar-refractivity contribution is 6.76. The quantitative estimate of drug-likeness (QED) is 0.764. The smallest absolute Gasteiger partial charge is 0.407 e. The van der Waals surface area contributed by atoms with Gasteiger partial charge in [-0.15, -0.1) is 0 Å². The van der Waals surface area contributed by atoms with Gasteiger partial charge in [0.15, 0.2) is 0 Å². The third-order valence-electron chi connectivity index (χ3n) is 4.24. The molecule has 1 radical (unpaired) electrons. The minimum atomic E-state index is -1.15. The van der Waals surface area contributed by atoms with E-state index in [-0.39, 0.29) is 17.6 Å². The number of alkyl carbamates (subject to hydrolysis) is 1. The molecule has 0 saturated heterocycles. The van der Waals surface area contributed by atoms with Crippen LogP contribution in [0.25, 0.3) is 0 Å². The Kier molecular flexibility index (Phi) is 6.24. The van der Waals surface area contributed by atoms with Crippen LogP contribution in [0.5, 0.6) is 0 Å². The fourth-order valence-electron chi connectivity index (χ4n) is 2.50. The van der Waals surface area contributed by atoms with Gasteiger partial charge in [-0.25, -0.2) is 4.79 Å². The van der Waals surface area contributed by atoms with Crippen LogP contribution in [-0.4, -0.2) is 33.1 Å². The summed E-state index contributed by atoms with van der Waals surface area (Å²) in [4.78, 5) is 22.7. The second-order valence-electron chi connectivity index (χ2n) is 7.10. The molecule has 0 unspecified atom stereocenters. The molecule has 0 atom stereocenters. The maximum atomic E-state index is 11.7. The zero-order chi connectivity index (χ0) is 15.2. The van der Waals surface area contributed by atoms with E-state index < -0.39 is 8.07 Å². The van der Waals surface area contributed by atoms with Crippen molar-refractivity contribution < 1.29 is 14.3 Å². The maximum Gasteiger partial charge on any atom is 0.407 e. The zero-order valence-electron chi connectivity index (χ0n) is 13.3. The Morgan fingerprint density at radius 1 is 1.35 bits per heavy atom. The Hall–Kier alpha value is -0.843. The second kappa shape index (κ2) is 7.25. The molecule has 0 aromatic rings. The summed E-state index contributed by atoms with van der Waals surface area (Å²) in [6.45, 7) is 9.32.